The third kappa shape index (κ3) is 6.62. The van der Waals surface area contributed by atoms with Gasteiger partial charge in [0.1, 0.15) is 29.6 Å². The summed E-state index contributed by atoms with van der Waals surface area (Å²) in [4.78, 5) is 47.0. The van der Waals surface area contributed by atoms with Crippen LogP contribution in [0.5, 0.6) is 0 Å². The number of aromatic nitrogens is 2. The van der Waals surface area contributed by atoms with Gasteiger partial charge in [0.25, 0.3) is 0 Å². The number of carbonyl (C=O) groups excluding carboxylic acids is 3. The van der Waals surface area contributed by atoms with Gasteiger partial charge in [-0.15, -0.1) is 11.3 Å². The normalized spacial score (nSPS) is 20.5. The van der Waals surface area contributed by atoms with Crippen LogP contribution in [0.2, 0.25) is 0 Å². The molecule has 3 heterocycles. The number of aryl methyl sites for hydroxylation is 2. The molecule has 2 aromatic heterocycles. The number of hydrogen-bond acceptors (Lipinski definition) is 8. The van der Waals surface area contributed by atoms with Crippen molar-refractivity contribution in [3.05, 3.63) is 58.6 Å². The second kappa shape index (κ2) is 12.4. The molecule has 0 unspecified atom stereocenters. The van der Waals surface area contributed by atoms with Crippen LogP contribution in [0.1, 0.15) is 75.7 Å². The number of Topliss-reactive ketones (excluding diaryl/α,β-unsaturated/α-hetero) is 1. The molecule has 9 nitrogen and oxygen atoms in total. The number of alkyl halides is 1. The number of benzene rings is 1. The number of ketones is 1. The van der Waals surface area contributed by atoms with Gasteiger partial charge in [-0.1, -0.05) is 64.0 Å². The Kier molecular flexibility index (Phi) is 9.32. The van der Waals surface area contributed by atoms with E-state index in [0.717, 1.165) is 21.0 Å². The smallest absolute Gasteiger partial charge is 0.246 e. The number of aliphatic hydroxyl groups excluding tert-OH is 1. The van der Waals surface area contributed by atoms with Crippen molar-refractivity contribution < 1.29 is 28.4 Å². The van der Waals surface area contributed by atoms with Gasteiger partial charge in [-0.2, -0.15) is 0 Å². The maximum atomic E-state index is 15.5. The van der Waals surface area contributed by atoms with Crippen LogP contribution in [0.25, 0.3) is 10.4 Å². The largest absolute Gasteiger partial charge is 0.388 e. The van der Waals surface area contributed by atoms with Gasteiger partial charge in [-0.3, -0.25) is 14.4 Å². The number of hydrogen-bond donors (Lipinski definition) is 2. The van der Waals surface area contributed by atoms with Gasteiger partial charge in [-0.25, -0.2) is 9.37 Å². The highest BCUT2D eigenvalue weighted by atomic mass is 32.1. The number of aliphatic hydroxyl groups is 1. The molecule has 2 N–H and O–H groups in total. The van der Waals surface area contributed by atoms with Gasteiger partial charge in [-0.05, 0) is 30.9 Å². The topological polar surface area (TPSA) is 126 Å². The third-order valence-electron chi connectivity index (χ3n) is 7.69. The van der Waals surface area contributed by atoms with Gasteiger partial charge < -0.3 is 19.8 Å². The molecule has 1 aromatic carbocycles. The van der Waals surface area contributed by atoms with Crippen molar-refractivity contribution >= 4 is 28.9 Å². The number of thiazole rings is 1. The Balaban J connectivity index is 1.63. The fourth-order valence-electron chi connectivity index (χ4n) is 5.20. The zero-order valence-electron chi connectivity index (χ0n) is 25.1. The predicted molar refractivity (Wildman–Crippen MR) is 157 cm³/mol. The summed E-state index contributed by atoms with van der Waals surface area (Å²) in [6.45, 7) is 12.3. The second-order valence-electron chi connectivity index (χ2n) is 12.4. The van der Waals surface area contributed by atoms with Gasteiger partial charge in [0.05, 0.1) is 34.4 Å². The fourth-order valence-corrected chi connectivity index (χ4v) is 6.01. The molecular weight excluding hydrogens is 559 g/mol. The van der Waals surface area contributed by atoms with Crippen LogP contribution in [0.4, 0.5) is 4.39 Å². The van der Waals surface area contributed by atoms with E-state index < -0.39 is 47.5 Å². The third-order valence-corrected chi connectivity index (χ3v) is 8.67. The van der Waals surface area contributed by atoms with Crippen LogP contribution in [0, 0.1) is 25.2 Å². The maximum absolute atomic E-state index is 15.5. The molecule has 11 heteroatoms. The Morgan fingerprint density at radius 2 is 1.86 bits per heavy atom. The van der Waals surface area contributed by atoms with Crippen LogP contribution in [-0.2, 0) is 14.4 Å². The van der Waals surface area contributed by atoms with Crippen molar-refractivity contribution in [1.29, 1.82) is 0 Å². The molecule has 5 atom stereocenters. The quantitative estimate of drug-likeness (QED) is 0.358. The van der Waals surface area contributed by atoms with Crippen molar-refractivity contribution in [3.63, 3.8) is 0 Å². The lowest BCUT2D eigenvalue weighted by molar-refractivity contribution is -0.142. The van der Waals surface area contributed by atoms with Crippen molar-refractivity contribution in [2.75, 3.05) is 6.54 Å². The van der Waals surface area contributed by atoms with E-state index in [0.29, 0.717) is 17.0 Å². The Bertz CT molecular complexity index is 1430. The lowest BCUT2D eigenvalue weighted by atomic mass is 9.85. The summed E-state index contributed by atoms with van der Waals surface area (Å²) in [6.07, 6.45) is -3.57. The van der Waals surface area contributed by atoms with Gasteiger partial charge in [0.15, 0.2) is 6.17 Å². The van der Waals surface area contributed by atoms with Crippen LogP contribution < -0.4 is 5.32 Å². The van der Waals surface area contributed by atoms with Gasteiger partial charge >= 0.3 is 0 Å². The van der Waals surface area contributed by atoms with E-state index in [1.165, 1.54) is 11.3 Å². The minimum Gasteiger partial charge on any atom is -0.388 e. The van der Waals surface area contributed by atoms with E-state index in [2.05, 4.69) is 15.5 Å². The molecule has 1 fully saturated rings. The summed E-state index contributed by atoms with van der Waals surface area (Å²) in [5.41, 5.74) is 4.21. The highest BCUT2D eigenvalue weighted by Gasteiger charge is 2.50. The minimum absolute atomic E-state index is 0.0275. The number of nitrogens with zero attached hydrogens (tertiary/aromatic N) is 3. The zero-order valence-corrected chi connectivity index (χ0v) is 25.9. The number of amides is 2. The maximum Gasteiger partial charge on any atom is 0.246 e. The van der Waals surface area contributed by atoms with E-state index in [1.807, 2.05) is 45.0 Å². The Morgan fingerprint density at radius 1 is 1.19 bits per heavy atom. The molecule has 226 valence electrons. The van der Waals surface area contributed by atoms with Crippen LogP contribution >= 0.6 is 11.3 Å². The number of β-amino-alcohol motifs (C(OH)–C–C–N with tert-alkyl or cyclic N) is 1. The number of likely N-dealkylation sites (tertiary alicyclic amines) is 1. The molecule has 1 aliphatic heterocycles. The number of halogens is 1. The molecule has 0 bridgehead atoms. The van der Waals surface area contributed by atoms with Gasteiger partial charge in [0.2, 0.25) is 11.8 Å². The Morgan fingerprint density at radius 3 is 2.38 bits per heavy atom. The van der Waals surface area contributed by atoms with Crippen molar-refractivity contribution in [2.45, 2.75) is 85.2 Å². The molecule has 1 aliphatic rings. The molecule has 0 aliphatic carbocycles. The number of rotatable bonds is 9. The Hall–Kier alpha value is -3.44. The van der Waals surface area contributed by atoms with E-state index >= 15 is 4.39 Å². The van der Waals surface area contributed by atoms with Crippen LogP contribution in [-0.4, -0.2) is 62.6 Å². The molecule has 0 saturated carbocycles. The molecule has 4 rings (SSSR count). The van der Waals surface area contributed by atoms with E-state index in [1.54, 1.807) is 39.3 Å². The van der Waals surface area contributed by atoms with Gasteiger partial charge in [0, 0.05) is 17.9 Å². The first-order valence-electron chi connectivity index (χ1n) is 14.1. The monoisotopic (exact) mass is 598 g/mol. The average molecular weight is 599 g/mol. The summed E-state index contributed by atoms with van der Waals surface area (Å²) in [7, 11) is 0. The molecular formula is C31H39FN4O5S. The highest BCUT2D eigenvalue weighted by Crippen LogP contribution is 2.34. The standard InChI is InChI=1S/C31H39FN4O5S/c1-16(2)25(23-12-17(3)35-41-23)30(40)36-14-22(37)26(32)27(36)29(39)34-21(13-24(38)31(5,6)7)19-8-10-20(11-9-19)28-18(4)33-15-42-28/h8-12,15-16,21-22,25-27,37H,13-14H2,1-7H3,(H,34,39)/t21-,22-,25+,26-,27-/m0/s1. The van der Waals surface area contributed by atoms with E-state index in [-0.39, 0.29) is 24.7 Å². The van der Waals surface area contributed by atoms with Crippen molar-refractivity contribution in [2.24, 2.45) is 11.3 Å². The van der Waals surface area contributed by atoms with Crippen LogP contribution in [0.3, 0.4) is 0 Å². The lowest BCUT2D eigenvalue weighted by Crippen LogP contribution is -2.52. The predicted octanol–water partition coefficient (Wildman–Crippen LogP) is 4.93. The van der Waals surface area contributed by atoms with E-state index in [4.69, 9.17) is 4.52 Å². The second-order valence-corrected chi connectivity index (χ2v) is 13.2. The van der Waals surface area contributed by atoms with Crippen LogP contribution in [0.15, 0.2) is 40.4 Å². The molecule has 42 heavy (non-hydrogen) atoms. The first kappa shape index (κ1) is 31.5. The zero-order chi connectivity index (χ0) is 30.9. The SMILES string of the molecule is Cc1cc([C@H](C(=O)N2C[C@H](O)[C@H](F)[C@H]2C(=O)N[C@@H](CC(=O)C(C)(C)C)c2ccc(-c3scnc3C)cc2)C(C)C)on1. The molecule has 0 spiro atoms. The number of nitrogens with one attached hydrogen (secondary N) is 1. The first-order chi connectivity index (χ1) is 19.7. The summed E-state index contributed by atoms with van der Waals surface area (Å²) in [5, 5.41) is 17.2. The fraction of sp³-hybridized carbons (Fsp3) is 0.516. The van der Waals surface area contributed by atoms with Crippen molar-refractivity contribution in [1.82, 2.24) is 20.4 Å². The molecule has 2 amide bonds. The summed E-state index contributed by atoms with van der Waals surface area (Å²) >= 11 is 1.52. The number of carbonyl (C=O) groups is 3. The summed E-state index contributed by atoms with van der Waals surface area (Å²) < 4.78 is 20.8. The van der Waals surface area contributed by atoms with Crippen molar-refractivity contribution in [3.8, 4) is 10.4 Å². The van der Waals surface area contributed by atoms with E-state index in [9.17, 15) is 19.5 Å². The summed E-state index contributed by atoms with van der Waals surface area (Å²) in [5.74, 6) is -2.16. The molecule has 3 aromatic rings. The minimum atomic E-state index is -2.01. The first-order valence-corrected chi connectivity index (χ1v) is 15.0. The molecule has 0 radical (unpaired) electrons. The molecule has 1 saturated heterocycles. The lowest BCUT2D eigenvalue weighted by Gasteiger charge is -2.31. The average Bonchev–Trinajstić information content (AvgIpc) is 3.62. The highest BCUT2D eigenvalue weighted by molar-refractivity contribution is 7.13. The summed E-state index contributed by atoms with van der Waals surface area (Å²) in [6, 6.07) is 6.74. The Labute approximate surface area is 249 Å².